The molecule has 15 atom stereocenters. The second kappa shape index (κ2) is 44.4. The molecule has 8 saturated carbocycles. The zero-order valence-corrected chi connectivity index (χ0v) is 86.0. The highest BCUT2D eigenvalue weighted by Crippen LogP contribution is 2.63. The predicted octanol–water partition coefficient (Wildman–Crippen LogP) is 25.2. The molecule has 17 nitrogen and oxygen atoms in total. The minimum absolute atomic E-state index is 0.00976. The van der Waals surface area contributed by atoms with Crippen LogP contribution in [0.5, 0.6) is 0 Å². The summed E-state index contributed by atoms with van der Waals surface area (Å²) in [7, 11) is -21.0. The molecule has 0 amide bonds. The SMILES string of the molecule is CC1(C)OC2C3CC(CC(F)(F)S(=O)(=O)[O-])C(C3)C2O1.CC1(C)OC2C3CC(CC(F)(F)S(=O)(=O)[O-])C(C3)C2O1.Fc1ccc([S+](c2ccc(F)cc2)c2ccc(F)cc2)cc1.O=S(=O)([O-])C(F)(F)CC1CC2CC1C1OC(c3ccccc3)(c3ccccc3)OC21.O=S(=O)(c1ccc([S+](c2ccccc2)c2ccccc2)cc1)C1CCCCC1.c1ccc([S+](c2ccccc2)c2ccc(C3CCCCC3)cc2)cc1. The molecule has 0 radical (unpaired) electrons. The van der Waals surface area contributed by atoms with E-state index in [-0.39, 0.29) is 111 Å². The minimum Gasteiger partial charge on any atom is -0.743 e. The fraction of sp³-hybridized carbons (Fsp3) is 0.411. The normalized spacial score (nSPS) is 25.9. The van der Waals surface area contributed by atoms with Crippen molar-refractivity contribution in [2.24, 2.45) is 53.3 Å². The van der Waals surface area contributed by atoms with E-state index in [9.17, 15) is 86.8 Å². The average molecular weight is 2130 g/mol. The number of fused-ring (bicyclic) bond motifs is 15. The van der Waals surface area contributed by atoms with Crippen molar-refractivity contribution >= 4 is 72.9 Å². The third-order valence-corrected chi connectivity index (χ3v) is 41.5. The van der Waals surface area contributed by atoms with Crippen molar-refractivity contribution < 1.29 is 115 Å². The van der Waals surface area contributed by atoms with E-state index in [1.165, 1.54) is 98.5 Å². The van der Waals surface area contributed by atoms with Crippen molar-refractivity contribution in [1.29, 1.82) is 0 Å². The van der Waals surface area contributed by atoms with E-state index in [0.29, 0.717) is 43.4 Å². The standard InChI is InChI=1S/C24H25O2S2.C24H25S.C22H22F2O5S.C18H12F3S.2C12H18F2O5S/c25-28(26,23-14-8-3-9-15-23)24-18-16-22(17-19-24)27(20-10-4-1-5-11-20)21-12-6-2-7-13-21;1-4-10-20(11-5-1)21-16-18-24(19-17-21)25(22-12-6-2-7-13-22)23-14-8-3-9-15-23;23-21(24,30(25,26)27)13-15-11-14-12-18(15)20-19(14)28-22(29-20,16-7-3-1-4-8-16)17-9-5-2-6-10-17;19-13-1-7-16(8-2-13)22(17-9-3-14(20)4-10-17)18-11-5-15(21)6-12-18;2*1-11(2)18-9-6-3-7(8(4-6)10(9)19-11)5-12(13,14)20(15,16)17/h1-2,4-7,10-13,16-19,23H,3,8-9,14-15H2;2-3,6-9,12-20H,1,4-5,10-11H2;1-10,14-15,18-20H,11-13H2,(H,25,26,27);1-12H;2*6-10H,3-5H2,1-2H3,(H,15,16,17)/q2*+1;;+1;;/p-3. The van der Waals surface area contributed by atoms with Crippen molar-refractivity contribution in [2.45, 2.75) is 280 Å². The molecular formula is C112H117F9O17S7. The number of halogens is 9. The van der Waals surface area contributed by atoms with Crippen LogP contribution in [0.25, 0.3) is 0 Å². The van der Waals surface area contributed by atoms with Crippen molar-refractivity contribution in [3.63, 3.8) is 0 Å². The van der Waals surface area contributed by atoms with E-state index in [1.54, 1.807) is 64.1 Å². The third-order valence-electron chi connectivity index (χ3n) is 29.8. The van der Waals surface area contributed by atoms with E-state index in [0.717, 1.165) is 68.7 Å². The summed E-state index contributed by atoms with van der Waals surface area (Å²) in [5, 5.41) is -12.9. The van der Waals surface area contributed by atoms with Crippen LogP contribution in [-0.4, -0.2) is 117 Å². The van der Waals surface area contributed by atoms with Crippen LogP contribution in [0.15, 0.2) is 352 Å². The Morgan fingerprint density at radius 2 is 0.538 bits per heavy atom. The molecule has 3 saturated heterocycles. The smallest absolute Gasteiger partial charge is 0.334 e. The van der Waals surface area contributed by atoms with Gasteiger partial charge in [0.2, 0.25) is 5.79 Å². The van der Waals surface area contributed by atoms with Crippen molar-refractivity contribution in [3.05, 3.63) is 337 Å². The summed E-state index contributed by atoms with van der Waals surface area (Å²) in [6, 6.07) is 97.3. The van der Waals surface area contributed by atoms with E-state index < -0.39 is 127 Å². The van der Waals surface area contributed by atoms with Crippen LogP contribution in [0, 0.1) is 70.7 Å². The average Bonchev–Trinajstić information content (AvgIpc) is 1.53. The topological polar surface area (TPSA) is 261 Å². The second-order valence-corrected chi connectivity index (χ2v) is 53.0. The number of hydrogen-bond donors (Lipinski definition) is 0. The highest BCUT2D eigenvalue weighted by molar-refractivity contribution is 7.97. The number of ether oxygens (including phenoxy) is 6. The molecule has 145 heavy (non-hydrogen) atoms. The highest BCUT2D eigenvalue weighted by atomic mass is 32.2. The molecule has 0 N–H and O–H groups in total. The van der Waals surface area contributed by atoms with E-state index in [4.69, 9.17) is 28.4 Å². The first-order chi connectivity index (χ1) is 68.9. The molecule has 22 rings (SSSR count). The fourth-order valence-electron chi connectivity index (χ4n) is 23.4. The van der Waals surface area contributed by atoms with Crippen molar-refractivity contribution in [3.8, 4) is 0 Å². The molecule has 0 spiro atoms. The van der Waals surface area contributed by atoms with E-state index >= 15 is 0 Å². The molecule has 11 aromatic carbocycles. The first-order valence-corrected chi connectivity index (χ1v) is 58.7. The van der Waals surface area contributed by atoms with Crippen molar-refractivity contribution in [2.75, 3.05) is 0 Å². The molecule has 8 aliphatic carbocycles. The van der Waals surface area contributed by atoms with Gasteiger partial charge in [-0.2, -0.15) is 26.3 Å². The first-order valence-electron chi connectivity index (χ1n) is 49.2. The zero-order valence-electron chi connectivity index (χ0n) is 80.3. The Bertz CT molecular complexity index is 6320. The molecular weight excluding hydrogens is 2010 g/mol. The summed E-state index contributed by atoms with van der Waals surface area (Å²) in [5.74, 6) is -4.73. The van der Waals surface area contributed by atoms with Gasteiger partial charge in [0.05, 0.1) is 79.5 Å². The Balaban J connectivity index is 0.000000120. The van der Waals surface area contributed by atoms with Gasteiger partial charge < -0.3 is 42.1 Å². The number of hydrogen-bond acceptors (Lipinski definition) is 17. The van der Waals surface area contributed by atoms with Crippen LogP contribution in [-0.2, 0) is 107 Å². The van der Waals surface area contributed by atoms with Gasteiger partial charge in [-0.3, -0.25) is 0 Å². The Morgan fingerprint density at radius 1 is 0.297 bits per heavy atom. The van der Waals surface area contributed by atoms with Crippen LogP contribution >= 0.6 is 0 Å². The number of rotatable bonds is 23. The Labute approximate surface area is 852 Å². The number of sulfone groups is 1. The lowest BCUT2D eigenvalue weighted by molar-refractivity contribution is -0.162. The number of alkyl halides is 6. The second-order valence-electron chi connectivity index (χ2n) is 40.2. The molecule has 33 heteroatoms. The fourth-order valence-corrected chi connectivity index (χ4v) is 32.7. The van der Waals surface area contributed by atoms with Gasteiger partial charge in [0, 0.05) is 30.4 Å². The quantitative estimate of drug-likeness (QED) is 0.0327. The summed E-state index contributed by atoms with van der Waals surface area (Å²) < 4.78 is 280. The predicted molar refractivity (Wildman–Crippen MR) is 532 cm³/mol. The maximum atomic E-state index is 14.0. The first kappa shape index (κ1) is 108. The van der Waals surface area contributed by atoms with Crippen LogP contribution in [0.3, 0.4) is 0 Å². The highest BCUT2D eigenvalue weighted by Gasteiger charge is 2.66. The van der Waals surface area contributed by atoms with E-state index in [1.807, 2.05) is 97.1 Å². The van der Waals surface area contributed by atoms with Gasteiger partial charge in [-0.1, -0.05) is 184 Å². The molecule has 772 valence electrons. The molecule has 3 aliphatic heterocycles. The van der Waals surface area contributed by atoms with Gasteiger partial charge in [-0.25, -0.2) is 46.8 Å². The molecule has 11 aliphatic rings. The molecule has 11 fully saturated rings. The lowest BCUT2D eigenvalue weighted by Crippen LogP contribution is -2.39. The van der Waals surface area contributed by atoms with Gasteiger partial charge in [-0.15, -0.1) is 0 Å². The summed E-state index contributed by atoms with van der Waals surface area (Å²) in [6.45, 7) is 7.10. The van der Waals surface area contributed by atoms with Gasteiger partial charge in [0.1, 0.15) is 17.5 Å². The lowest BCUT2D eigenvalue weighted by Gasteiger charge is -2.32. The van der Waals surface area contributed by atoms with E-state index in [2.05, 4.69) is 133 Å². The monoisotopic (exact) mass is 2130 g/mol. The zero-order chi connectivity index (χ0) is 103. The van der Waals surface area contributed by atoms with Gasteiger partial charge in [-0.05, 0) is 314 Å². The van der Waals surface area contributed by atoms with Gasteiger partial charge >= 0.3 is 15.8 Å². The molecule has 15 unspecified atom stereocenters. The van der Waals surface area contributed by atoms with Crippen LogP contribution in [0.1, 0.15) is 172 Å². The van der Waals surface area contributed by atoms with Crippen LogP contribution in [0.4, 0.5) is 39.5 Å². The Morgan fingerprint density at radius 3 is 0.834 bits per heavy atom. The van der Waals surface area contributed by atoms with Crippen LogP contribution < -0.4 is 0 Å². The summed E-state index contributed by atoms with van der Waals surface area (Å²) in [4.78, 5) is 10.9. The lowest BCUT2D eigenvalue weighted by atomic mass is 9.83. The summed E-state index contributed by atoms with van der Waals surface area (Å²) >= 11 is 0. The largest absolute Gasteiger partial charge is 0.743 e. The van der Waals surface area contributed by atoms with Crippen molar-refractivity contribution in [1.82, 2.24) is 0 Å². The maximum Gasteiger partial charge on any atom is 0.334 e. The Hall–Kier alpha value is -8.72. The molecule has 0 aromatic heterocycles. The summed E-state index contributed by atoms with van der Waals surface area (Å²) in [5.41, 5.74) is 3.16. The summed E-state index contributed by atoms with van der Waals surface area (Å²) in [6.07, 6.45) is 10.9. The van der Waals surface area contributed by atoms with Crippen LogP contribution in [0.2, 0.25) is 0 Å². The Kier molecular flexibility index (Phi) is 33.0. The third kappa shape index (κ3) is 24.5. The number of benzene rings is 11. The molecule has 3 heterocycles. The van der Waals surface area contributed by atoms with Gasteiger partial charge in [0.25, 0.3) is 0 Å². The minimum atomic E-state index is -5.69. The maximum absolute atomic E-state index is 14.0. The van der Waals surface area contributed by atoms with Gasteiger partial charge in [0.15, 0.2) is 95.8 Å². The molecule has 6 bridgehead atoms. The molecule has 11 aromatic rings.